The monoisotopic (exact) mass is 374 g/mol. The van der Waals surface area contributed by atoms with Crippen LogP contribution in [0, 0.1) is 5.82 Å². The molecule has 0 fully saturated rings. The van der Waals surface area contributed by atoms with E-state index in [-0.39, 0.29) is 17.6 Å². The molecule has 2 aromatic carbocycles. The van der Waals surface area contributed by atoms with Crippen LogP contribution in [0.5, 0.6) is 0 Å². The zero-order valence-corrected chi connectivity index (χ0v) is 15.3. The fourth-order valence-corrected chi connectivity index (χ4v) is 4.01. The van der Waals surface area contributed by atoms with E-state index in [0.29, 0.717) is 5.56 Å². The highest BCUT2D eigenvalue weighted by Gasteiger charge is 2.24. The maximum absolute atomic E-state index is 13.0. The van der Waals surface area contributed by atoms with Crippen molar-refractivity contribution in [3.63, 3.8) is 0 Å². The van der Waals surface area contributed by atoms with Crippen LogP contribution in [0.2, 0.25) is 0 Å². The van der Waals surface area contributed by atoms with E-state index in [9.17, 15) is 12.8 Å². The Balaban J connectivity index is 1.75. The Kier molecular flexibility index (Phi) is 5.15. The topological polar surface area (TPSA) is 68.1 Å². The van der Waals surface area contributed by atoms with E-state index >= 15 is 0 Å². The van der Waals surface area contributed by atoms with E-state index < -0.39 is 10.0 Å². The van der Waals surface area contributed by atoms with Crippen LogP contribution in [-0.2, 0) is 15.8 Å². The molecule has 0 radical (unpaired) electrons. The third-order valence-corrected chi connectivity index (χ3v) is 6.20. The van der Waals surface area contributed by atoms with Gasteiger partial charge in [0, 0.05) is 13.1 Å². The molecule has 6 nitrogen and oxygen atoms in total. The van der Waals surface area contributed by atoms with Crippen molar-refractivity contribution in [1.82, 2.24) is 19.1 Å². The fourth-order valence-electron chi connectivity index (χ4n) is 2.59. The van der Waals surface area contributed by atoms with E-state index in [0.717, 1.165) is 11.3 Å². The van der Waals surface area contributed by atoms with Gasteiger partial charge in [0.15, 0.2) is 0 Å². The molecule has 0 saturated carbocycles. The first kappa shape index (κ1) is 18.2. The van der Waals surface area contributed by atoms with Crippen molar-refractivity contribution in [3.8, 4) is 5.69 Å². The molecule has 3 rings (SSSR count). The largest absolute Gasteiger partial charge is 0.223 e. The van der Waals surface area contributed by atoms with Gasteiger partial charge in [-0.15, -0.1) is 0 Å². The summed E-state index contributed by atoms with van der Waals surface area (Å²) in [4.78, 5) is 3.90. The molecule has 26 heavy (non-hydrogen) atoms. The van der Waals surface area contributed by atoms with Gasteiger partial charge in [-0.3, -0.25) is 0 Å². The number of hydrogen-bond donors (Lipinski definition) is 0. The van der Waals surface area contributed by atoms with Crippen molar-refractivity contribution in [2.75, 3.05) is 7.05 Å². The number of nitrogens with zero attached hydrogens (tertiary/aromatic N) is 4. The molecule has 0 spiro atoms. The van der Waals surface area contributed by atoms with Crippen LogP contribution in [0.25, 0.3) is 5.69 Å². The molecule has 136 valence electrons. The van der Waals surface area contributed by atoms with E-state index in [4.69, 9.17) is 0 Å². The molecule has 1 unspecified atom stereocenters. The Bertz CT molecular complexity index is 955. The molecule has 1 aromatic heterocycles. The van der Waals surface area contributed by atoms with Gasteiger partial charge in [0.2, 0.25) is 10.0 Å². The minimum Gasteiger partial charge on any atom is -0.223 e. The number of rotatable bonds is 6. The minimum atomic E-state index is -3.54. The van der Waals surface area contributed by atoms with Gasteiger partial charge in [0.1, 0.15) is 18.5 Å². The standard InChI is InChI=1S/C18H19FN4O2S/c1-14(16-5-9-18(10-6-16)23-13-20-12-21-23)22(2)26(24,25)11-15-3-7-17(19)8-4-15/h3-10,12-14H,11H2,1-2H3. The molecule has 0 aliphatic heterocycles. The first-order chi connectivity index (χ1) is 12.4. The van der Waals surface area contributed by atoms with Gasteiger partial charge < -0.3 is 0 Å². The number of sulfonamides is 1. The Morgan fingerprint density at radius 1 is 1.12 bits per heavy atom. The van der Waals surface area contributed by atoms with Crippen LogP contribution < -0.4 is 0 Å². The van der Waals surface area contributed by atoms with Crippen LogP contribution in [0.1, 0.15) is 24.1 Å². The van der Waals surface area contributed by atoms with Crippen LogP contribution in [-0.4, -0.2) is 34.5 Å². The Morgan fingerprint density at radius 2 is 1.77 bits per heavy atom. The molecule has 0 amide bonds. The highest BCUT2D eigenvalue weighted by atomic mass is 32.2. The van der Waals surface area contributed by atoms with E-state index in [1.807, 2.05) is 31.2 Å². The van der Waals surface area contributed by atoms with Crippen LogP contribution in [0.15, 0.2) is 61.2 Å². The number of halogens is 1. The van der Waals surface area contributed by atoms with Gasteiger partial charge >= 0.3 is 0 Å². The lowest BCUT2D eigenvalue weighted by Crippen LogP contribution is -2.30. The Morgan fingerprint density at radius 3 is 2.35 bits per heavy atom. The zero-order chi connectivity index (χ0) is 18.7. The summed E-state index contributed by atoms with van der Waals surface area (Å²) in [5.74, 6) is -0.564. The van der Waals surface area contributed by atoms with Crippen molar-refractivity contribution >= 4 is 10.0 Å². The zero-order valence-electron chi connectivity index (χ0n) is 14.4. The van der Waals surface area contributed by atoms with Gasteiger partial charge in [-0.2, -0.15) is 9.40 Å². The summed E-state index contributed by atoms with van der Waals surface area (Å²) in [6, 6.07) is 12.6. The SMILES string of the molecule is CC(c1ccc(-n2cncn2)cc1)N(C)S(=O)(=O)Cc1ccc(F)cc1. The smallest absolute Gasteiger partial charge is 0.218 e. The molecule has 0 aliphatic rings. The normalized spacial score (nSPS) is 13.1. The van der Waals surface area contributed by atoms with Crippen molar-refractivity contribution in [2.24, 2.45) is 0 Å². The predicted molar refractivity (Wildman–Crippen MR) is 96.6 cm³/mol. The van der Waals surface area contributed by atoms with Gasteiger partial charge in [-0.1, -0.05) is 24.3 Å². The summed E-state index contributed by atoms with van der Waals surface area (Å²) in [6.45, 7) is 1.83. The molecular formula is C18H19FN4O2S. The van der Waals surface area contributed by atoms with Crippen LogP contribution in [0.3, 0.4) is 0 Å². The second-order valence-corrected chi connectivity index (χ2v) is 8.03. The maximum atomic E-state index is 13.0. The summed E-state index contributed by atoms with van der Waals surface area (Å²) in [5, 5.41) is 4.06. The lowest BCUT2D eigenvalue weighted by atomic mass is 10.1. The molecule has 8 heteroatoms. The van der Waals surface area contributed by atoms with Gasteiger partial charge in [0.05, 0.1) is 11.4 Å². The first-order valence-electron chi connectivity index (χ1n) is 8.02. The van der Waals surface area contributed by atoms with E-state index in [1.54, 1.807) is 18.1 Å². The third-order valence-electron chi connectivity index (χ3n) is 4.31. The van der Waals surface area contributed by atoms with Crippen LogP contribution in [0.4, 0.5) is 4.39 Å². The molecule has 1 heterocycles. The number of hydrogen-bond acceptors (Lipinski definition) is 4. The second-order valence-electron chi connectivity index (χ2n) is 6.01. The van der Waals surface area contributed by atoms with Crippen molar-refractivity contribution in [3.05, 3.63) is 78.1 Å². The Hall–Kier alpha value is -2.58. The summed E-state index contributed by atoms with van der Waals surface area (Å²) in [7, 11) is -1.99. The lowest BCUT2D eigenvalue weighted by molar-refractivity contribution is 0.398. The van der Waals surface area contributed by atoms with E-state index in [2.05, 4.69) is 10.1 Å². The van der Waals surface area contributed by atoms with E-state index in [1.165, 1.54) is 34.9 Å². The van der Waals surface area contributed by atoms with Gasteiger partial charge in [-0.25, -0.2) is 22.5 Å². The molecule has 0 N–H and O–H groups in total. The third kappa shape index (κ3) is 3.97. The molecule has 3 aromatic rings. The summed E-state index contributed by atoms with van der Waals surface area (Å²) in [6.07, 6.45) is 3.05. The number of benzene rings is 2. The summed E-state index contributed by atoms with van der Waals surface area (Å²) in [5.41, 5.74) is 2.25. The first-order valence-corrected chi connectivity index (χ1v) is 9.63. The summed E-state index contributed by atoms with van der Waals surface area (Å²) >= 11 is 0. The average Bonchev–Trinajstić information content (AvgIpc) is 3.17. The lowest BCUT2D eigenvalue weighted by Gasteiger charge is -2.25. The molecular weight excluding hydrogens is 355 g/mol. The summed E-state index contributed by atoms with van der Waals surface area (Å²) < 4.78 is 41.3. The average molecular weight is 374 g/mol. The van der Waals surface area contributed by atoms with Gasteiger partial charge in [-0.05, 0) is 42.3 Å². The molecule has 0 bridgehead atoms. The van der Waals surface area contributed by atoms with Crippen molar-refractivity contribution < 1.29 is 12.8 Å². The van der Waals surface area contributed by atoms with Crippen molar-refractivity contribution in [2.45, 2.75) is 18.7 Å². The maximum Gasteiger partial charge on any atom is 0.218 e. The highest BCUT2D eigenvalue weighted by molar-refractivity contribution is 7.88. The Labute approximate surface area is 152 Å². The van der Waals surface area contributed by atoms with Gasteiger partial charge in [0.25, 0.3) is 0 Å². The molecule has 0 saturated heterocycles. The minimum absolute atomic E-state index is 0.175. The number of aromatic nitrogens is 3. The second kappa shape index (κ2) is 7.35. The quantitative estimate of drug-likeness (QED) is 0.665. The van der Waals surface area contributed by atoms with Crippen LogP contribution >= 0.6 is 0 Å². The van der Waals surface area contributed by atoms with Crippen molar-refractivity contribution in [1.29, 1.82) is 0 Å². The fraction of sp³-hybridized carbons (Fsp3) is 0.222. The predicted octanol–water partition coefficient (Wildman–Crippen LogP) is 2.93. The molecule has 0 aliphatic carbocycles. The highest BCUT2D eigenvalue weighted by Crippen LogP contribution is 2.24. The molecule has 1 atom stereocenters.